The number of likely N-dealkylation sites (tertiary alicyclic amines) is 1. The summed E-state index contributed by atoms with van der Waals surface area (Å²) in [6.45, 7) is 1.53. The molecule has 0 bridgehead atoms. The van der Waals surface area contributed by atoms with E-state index in [1.54, 1.807) is 22.3 Å². The van der Waals surface area contributed by atoms with Crippen molar-refractivity contribution in [1.29, 1.82) is 0 Å². The van der Waals surface area contributed by atoms with Gasteiger partial charge in [0, 0.05) is 46.5 Å². The predicted octanol–water partition coefficient (Wildman–Crippen LogP) is 3.92. The van der Waals surface area contributed by atoms with Gasteiger partial charge < -0.3 is 10.0 Å². The number of carbonyl (C=O) groups excluding carboxylic acids is 1. The van der Waals surface area contributed by atoms with Crippen molar-refractivity contribution in [3.8, 4) is 10.4 Å². The lowest BCUT2D eigenvalue weighted by molar-refractivity contribution is -0.125. The molecule has 1 aromatic heterocycles. The van der Waals surface area contributed by atoms with Crippen LogP contribution in [0.3, 0.4) is 0 Å². The van der Waals surface area contributed by atoms with Crippen LogP contribution in [0.25, 0.3) is 16.5 Å². The lowest BCUT2D eigenvalue weighted by Gasteiger charge is -2.13. The first-order valence-electron chi connectivity index (χ1n) is 7.59. The third-order valence-corrected chi connectivity index (χ3v) is 5.32. The van der Waals surface area contributed by atoms with Crippen LogP contribution in [0.5, 0.6) is 0 Å². The standard InChI is InChI=1S/C18H18ClNO2S/c19-15-3-1-2-14(10-15)17-6-4-16(23-17)5-7-18(22)20-9-8-13(11-20)12-21/h1-7,10,13,21H,8-9,11-12H2/b7-5+. The molecule has 3 rings (SSSR count). The summed E-state index contributed by atoms with van der Waals surface area (Å²) in [5, 5.41) is 9.86. The molecule has 2 aromatic rings. The Bertz CT molecular complexity index is 725. The van der Waals surface area contributed by atoms with Gasteiger partial charge >= 0.3 is 0 Å². The smallest absolute Gasteiger partial charge is 0.246 e. The molecule has 1 N–H and O–H groups in total. The average Bonchev–Trinajstić information content (AvgIpc) is 3.22. The number of halogens is 1. The highest BCUT2D eigenvalue weighted by Gasteiger charge is 2.24. The SMILES string of the molecule is O=C(/C=C/c1ccc(-c2cccc(Cl)c2)s1)N1CCC(CO)C1. The number of carbonyl (C=O) groups is 1. The summed E-state index contributed by atoms with van der Waals surface area (Å²) >= 11 is 7.65. The van der Waals surface area contributed by atoms with E-state index in [4.69, 9.17) is 16.7 Å². The fraction of sp³-hybridized carbons (Fsp3) is 0.278. The van der Waals surface area contributed by atoms with Gasteiger partial charge in [-0.3, -0.25) is 4.79 Å². The average molecular weight is 348 g/mol. The lowest BCUT2D eigenvalue weighted by Crippen LogP contribution is -2.27. The molecular formula is C18H18ClNO2S. The molecule has 1 unspecified atom stereocenters. The molecule has 1 aromatic carbocycles. The number of nitrogens with zero attached hydrogens (tertiary/aromatic N) is 1. The van der Waals surface area contributed by atoms with Gasteiger partial charge in [0.1, 0.15) is 0 Å². The highest BCUT2D eigenvalue weighted by Crippen LogP contribution is 2.30. The second-order valence-electron chi connectivity index (χ2n) is 5.67. The van der Waals surface area contributed by atoms with Crippen molar-refractivity contribution in [2.24, 2.45) is 5.92 Å². The van der Waals surface area contributed by atoms with Crippen molar-refractivity contribution in [1.82, 2.24) is 4.90 Å². The lowest BCUT2D eigenvalue weighted by atomic mass is 10.1. The number of aliphatic hydroxyl groups excluding tert-OH is 1. The molecule has 1 aliphatic rings. The summed E-state index contributed by atoms with van der Waals surface area (Å²) in [6.07, 6.45) is 4.36. The maximum Gasteiger partial charge on any atom is 0.246 e. The molecule has 0 saturated carbocycles. The number of benzene rings is 1. The van der Waals surface area contributed by atoms with Gasteiger partial charge in [0.25, 0.3) is 0 Å². The van der Waals surface area contributed by atoms with Crippen molar-refractivity contribution in [2.75, 3.05) is 19.7 Å². The van der Waals surface area contributed by atoms with Crippen LogP contribution in [-0.2, 0) is 4.79 Å². The minimum atomic E-state index is 0.0126. The fourth-order valence-electron chi connectivity index (χ4n) is 2.68. The van der Waals surface area contributed by atoms with Gasteiger partial charge in [0.2, 0.25) is 5.91 Å². The van der Waals surface area contributed by atoms with E-state index in [0.29, 0.717) is 6.54 Å². The minimum Gasteiger partial charge on any atom is -0.396 e. The van der Waals surface area contributed by atoms with Gasteiger partial charge in [0.15, 0.2) is 0 Å². The Balaban J connectivity index is 1.66. The van der Waals surface area contributed by atoms with E-state index in [2.05, 4.69) is 0 Å². The summed E-state index contributed by atoms with van der Waals surface area (Å²) in [6, 6.07) is 11.8. The molecule has 1 fully saturated rings. The van der Waals surface area contributed by atoms with Gasteiger partial charge in [-0.2, -0.15) is 0 Å². The first-order valence-corrected chi connectivity index (χ1v) is 8.79. The van der Waals surface area contributed by atoms with Gasteiger partial charge in [-0.05, 0) is 42.3 Å². The van der Waals surface area contributed by atoms with Gasteiger partial charge in [0.05, 0.1) is 0 Å². The van der Waals surface area contributed by atoms with Crippen molar-refractivity contribution < 1.29 is 9.90 Å². The Morgan fingerprint density at radius 1 is 1.39 bits per heavy atom. The van der Waals surface area contributed by atoms with E-state index in [-0.39, 0.29) is 18.4 Å². The highest BCUT2D eigenvalue weighted by molar-refractivity contribution is 7.16. The second-order valence-corrected chi connectivity index (χ2v) is 7.22. The molecule has 1 aliphatic heterocycles. The van der Waals surface area contributed by atoms with E-state index < -0.39 is 0 Å². The molecular weight excluding hydrogens is 330 g/mol. The molecule has 0 radical (unpaired) electrons. The van der Waals surface area contributed by atoms with Crippen LogP contribution in [0.15, 0.2) is 42.5 Å². The zero-order valence-corrected chi connectivity index (χ0v) is 14.2. The molecule has 3 nitrogen and oxygen atoms in total. The van der Waals surface area contributed by atoms with Crippen LogP contribution in [0, 0.1) is 5.92 Å². The molecule has 0 spiro atoms. The van der Waals surface area contributed by atoms with Gasteiger partial charge in [-0.25, -0.2) is 0 Å². The minimum absolute atomic E-state index is 0.0126. The first-order chi connectivity index (χ1) is 11.2. The molecule has 0 aliphatic carbocycles. The Labute approximate surface area is 144 Å². The zero-order valence-electron chi connectivity index (χ0n) is 12.6. The second kappa shape index (κ2) is 7.30. The number of aliphatic hydroxyl groups is 1. The normalized spacial score (nSPS) is 18.0. The van der Waals surface area contributed by atoms with Crippen LogP contribution < -0.4 is 0 Å². The van der Waals surface area contributed by atoms with Crippen molar-refractivity contribution in [3.63, 3.8) is 0 Å². The number of amides is 1. The molecule has 2 heterocycles. The predicted molar refractivity (Wildman–Crippen MR) is 95.6 cm³/mol. The summed E-state index contributed by atoms with van der Waals surface area (Å²) in [5.41, 5.74) is 1.08. The summed E-state index contributed by atoms with van der Waals surface area (Å²) in [4.78, 5) is 16.1. The zero-order chi connectivity index (χ0) is 16.2. The van der Waals surface area contributed by atoms with Crippen LogP contribution >= 0.6 is 22.9 Å². The Hall–Kier alpha value is -1.62. The van der Waals surface area contributed by atoms with Gasteiger partial charge in [-0.15, -0.1) is 11.3 Å². The van der Waals surface area contributed by atoms with Crippen LogP contribution in [0.4, 0.5) is 0 Å². The van der Waals surface area contributed by atoms with Crippen molar-refractivity contribution >= 4 is 34.9 Å². The number of hydrogen-bond acceptors (Lipinski definition) is 3. The topological polar surface area (TPSA) is 40.5 Å². The summed E-state index contributed by atoms with van der Waals surface area (Å²) in [5.74, 6) is 0.238. The number of rotatable bonds is 4. The van der Waals surface area contributed by atoms with Crippen LogP contribution in [0.2, 0.25) is 5.02 Å². The van der Waals surface area contributed by atoms with Crippen LogP contribution in [0.1, 0.15) is 11.3 Å². The fourth-order valence-corrected chi connectivity index (χ4v) is 3.78. The van der Waals surface area contributed by atoms with E-state index >= 15 is 0 Å². The Kier molecular flexibility index (Phi) is 5.16. The monoisotopic (exact) mass is 347 g/mol. The largest absolute Gasteiger partial charge is 0.396 e. The van der Waals surface area contributed by atoms with E-state index in [0.717, 1.165) is 33.3 Å². The molecule has 23 heavy (non-hydrogen) atoms. The van der Waals surface area contributed by atoms with E-state index in [9.17, 15) is 4.79 Å². The summed E-state index contributed by atoms with van der Waals surface area (Å²) < 4.78 is 0. The molecule has 5 heteroatoms. The van der Waals surface area contributed by atoms with Gasteiger partial charge in [-0.1, -0.05) is 23.7 Å². The third-order valence-electron chi connectivity index (χ3n) is 3.98. The maximum atomic E-state index is 12.1. The van der Waals surface area contributed by atoms with E-state index in [1.165, 1.54) is 0 Å². The molecule has 1 atom stereocenters. The quantitative estimate of drug-likeness (QED) is 0.851. The highest BCUT2D eigenvalue weighted by atomic mass is 35.5. The summed E-state index contributed by atoms with van der Waals surface area (Å²) in [7, 11) is 0. The molecule has 120 valence electrons. The number of thiophene rings is 1. The molecule has 1 saturated heterocycles. The first kappa shape index (κ1) is 16.2. The molecule has 1 amide bonds. The van der Waals surface area contributed by atoms with Crippen molar-refractivity contribution in [2.45, 2.75) is 6.42 Å². The third kappa shape index (κ3) is 4.02. The van der Waals surface area contributed by atoms with Crippen molar-refractivity contribution in [3.05, 3.63) is 52.4 Å². The van der Waals surface area contributed by atoms with E-state index in [1.807, 2.05) is 42.5 Å². The van der Waals surface area contributed by atoms with Crippen LogP contribution in [-0.4, -0.2) is 35.6 Å². The Morgan fingerprint density at radius 2 is 2.26 bits per heavy atom. The Morgan fingerprint density at radius 3 is 3.00 bits per heavy atom. The maximum absolute atomic E-state index is 12.1. The number of hydrogen-bond donors (Lipinski definition) is 1.